The van der Waals surface area contributed by atoms with Crippen LogP contribution >= 0.6 is 0 Å². The molecule has 0 saturated heterocycles. The Kier molecular flexibility index (Phi) is 6.10. The SMILES string of the molecule is CCC1CCC(C)C=C(C(C)NC2CCCC(N)C2)C1. The fraction of sp³-hybridized carbons (Fsp3) is 0.889. The van der Waals surface area contributed by atoms with E-state index >= 15 is 0 Å². The molecular formula is C18H34N2. The van der Waals surface area contributed by atoms with Gasteiger partial charge in [-0.3, -0.25) is 0 Å². The number of nitrogens with one attached hydrogen (secondary N) is 1. The Balaban J connectivity index is 1.93. The maximum absolute atomic E-state index is 6.12. The van der Waals surface area contributed by atoms with Crippen molar-refractivity contribution in [3.63, 3.8) is 0 Å². The lowest BCUT2D eigenvalue weighted by molar-refractivity contribution is 0.322. The Labute approximate surface area is 125 Å². The predicted octanol–water partition coefficient (Wildman–Crippen LogP) is 4.01. The van der Waals surface area contributed by atoms with Crippen LogP contribution in [0.1, 0.15) is 72.1 Å². The Morgan fingerprint density at radius 1 is 1.30 bits per heavy atom. The van der Waals surface area contributed by atoms with Gasteiger partial charge in [0.1, 0.15) is 0 Å². The number of hydrogen-bond donors (Lipinski definition) is 2. The van der Waals surface area contributed by atoms with E-state index in [2.05, 4.69) is 32.2 Å². The summed E-state index contributed by atoms with van der Waals surface area (Å²) in [6.45, 7) is 7.08. The molecule has 2 heteroatoms. The lowest BCUT2D eigenvalue weighted by Gasteiger charge is -2.31. The summed E-state index contributed by atoms with van der Waals surface area (Å²) >= 11 is 0. The van der Waals surface area contributed by atoms with Crippen molar-refractivity contribution < 1.29 is 0 Å². The maximum atomic E-state index is 6.12. The topological polar surface area (TPSA) is 38.0 Å². The molecule has 0 heterocycles. The minimum atomic E-state index is 0.416. The molecule has 0 aliphatic heterocycles. The lowest BCUT2D eigenvalue weighted by atomic mass is 9.89. The van der Waals surface area contributed by atoms with Crippen LogP contribution in [0.25, 0.3) is 0 Å². The molecular weight excluding hydrogens is 244 g/mol. The molecule has 0 amide bonds. The molecule has 0 bridgehead atoms. The molecule has 5 atom stereocenters. The van der Waals surface area contributed by atoms with Gasteiger partial charge in [0.2, 0.25) is 0 Å². The molecule has 2 rings (SSSR count). The van der Waals surface area contributed by atoms with Crippen molar-refractivity contribution in [3.05, 3.63) is 11.6 Å². The van der Waals surface area contributed by atoms with Crippen LogP contribution in [0.2, 0.25) is 0 Å². The average Bonchev–Trinajstić information content (AvgIpc) is 2.60. The van der Waals surface area contributed by atoms with Gasteiger partial charge in [-0.2, -0.15) is 0 Å². The second-order valence-corrected chi connectivity index (χ2v) is 7.29. The van der Waals surface area contributed by atoms with Crippen molar-refractivity contribution in [2.75, 3.05) is 0 Å². The highest BCUT2D eigenvalue weighted by Crippen LogP contribution is 2.30. The van der Waals surface area contributed by atoms with Crippen LogP contribution in [0.5, 0.6) is 0 Å². The molecule has 0 aromatic heterocycles. The summed E-state index contributed by atoms with van der Waals surface area (Å²) < 4.78 is 0. The number of allylic oxidation sites excluding steroid dienone is 1. The summed E-state index contributed by atoms with van der Waals surface area (Å²) in [5.41, 5.74) is 7.77. The van der Waals surface area contributed by atoms with Crippen LogP contribution in [0.4, 0.5) is 0 Å². The van der Waals surface area contributed by atoms with Gasteiger partial charge in [0.15, 0.2) is 0 Å². The van der Waals surface area contributed by atoms with E-state index in [4.69, 9.17) is 5.73 Å². The minimum absolute atomic E-state index is 0.416. The zero-order valence-corrected chi connectivity index (χ0v) is 13.7. The molecule has 0 spiro atoms. The standard InChI is InChI=1S/C18H34N2/c1-4-15-9-8-13(2)10-16(11-15)14(3)20-18-7-5-6-17(19)12-18/h10,13-15,17-18,20H,4-9,11-12,19H2,1-3H3. The van der Waals surface area contributed by atoms with Crippen molar-refractivity contribution in [2.45, 2.75) is 90.3 Å². The molecule has 5 unspecified atom stereocenters. The van der Waals surface area contributed by atoms with Gasteiger partial charge >= 0.3 is 0 Å². The van der Waals surface area contributed by atoms with Gasteiger partial charge in [0.25, 0.3) is 0 Å². The van der Waals surface area contributed by atoms with E-state index in [1.807, 2.05) is 0 Å². The van der Waals surface area contributed by atoms with E-state index in [1.165, 1.54) is 44.9 Å². The molecule has 3 N–H and O–H groups in total. The first-order valence-corrected chi connectivity index (χ1v) is 8.80. The van der Waals surface area contributed by atoms with Crippen molar-refractivity contribution in [1.29, 1.82) is 0 Å². The largest absolute Gasteiger partial charge is 0.328 e. The van der Waals surface area contributed by atoms with Gasteiger partial charge in [-0.25, -0.2) is 0 Å². The van der Waals surface area contributed by atoms with E-state index in [0.717, 1.165) is 18.3 Å². The summed E-state index contributed by atoms with van der Waals surface area (Å²) in [4.78, 5) is 0. The second kappa shape index (κ2) is 7.61. The zero-order chi connectivity index (χ0) is 14.5. The van der Waals surface area contributed by atoms with E-state index in [9.17, 15) is 0 Å². The fourth-order valence-electron chi connectivity index (χ4n) is 3.96. The first-order valence-electron chi connectivity index (χ1n) is 8.80. The summed E-state index contributed by atoms with van der Waals surface area (Å²) in [5.74, 6) is 1.64. The molecule has 1 saturated carbocycles. The summed E-state index contributed by atoms with van der Waals surface area (Å²) in [5, 5.41) is 3.86. The quantitative estimate of drug-likeness (QED) is 0.763. The predicted molar refractivity (Wildman–Crippen MR) is 87.7 cm³/mol. The molecule has 2 aliphatic carbocycles. The van der Waals surface area contributed by atoms with Crippen LogP contribution in [0, 0.1) is 11.8 Å². The van der Waals surface area contributed by atoms with Crippen molar-refractivity contribution in [2.24, 2.45) is 17.6 Å². The molecule has 2 nitrogen and oxygen atoms in total. The second-order valence-electron chi connectivity index (χ2n) is 7.29. The van der Waals surface area contributed by atoms with E-state index < -0.39 is 0 Å². The summed E-state index contributed by atoms with van der Waals surface area (Å²) in [6, 6.07) is 1.58. The van der Waals surface area contributed by atoms with Gasteiger partial charge in [0.05, 0.1) is 0 Å². The van der Waals surface area contributed by atoms with Crippen molar-refractivity contribution >= 4 is 0 Å². The molecule has 2 aliphatic rings. The normalized spacial score (nSPS) is 37.1. The Bertz CT molecular complexity index is 323. The highest BCUT2D eigenvalue weighted by atomic mass is 15.0. The van der Waals surface area contributed by atoms with Crippen LogP contribution in [0.15, 0.2) is 11.6 Å². The van der Waals surface area contributed by atoms with Crippen LogP contribution in [-0.4, -0.2) is 18.1 Å². The molecule has 0 aromatic carbocycles. The Morgan fingerprint density at radius 2 is 2.10 bits per heavy atom. The molecule has 0 radical (unpaired) electrons. The van der Waals surface area contributed by atoms with E-state index in [1.54, 1.807) is 5.57 Å². The van der Waals surface area contributed by atoms with E-state index in [-0.39, 0.29) is 0 Å². The fourth-order valence-corrected chi connectivity index (χ4v) is 3.96. The Morgan fingerprint density at radius 3 is 2.80 bits per heavy atom. The third kappa shape index (κ3) is 4.60. The Hall–Kier alpha value is -0.340. The summed E-state index contributed by atoms with van der Waals surface area (Å²) in [7, 11) is 0. The first-order chi connectivity index (χ1) is 9.58. The summed E-state index contributed by atoms with van der Waals surface area (Å²) in [6.07, 6.45) is 12.9. The molecule has 20 heavy (non-hydrogen) atoms. The lowest BCUT2D eigenvalue weighted by Crippen LogP contribution is -2.44. The first kappa shape index (κ1) is 16.0. The highest BCUT2D eigenvalue weighted by Gasteiger charge is 2.24. The van der Waals surface area contributed by atoms with Gasteiger partial charge in [0, 0.05) is 18.1 Å². The maximum Gasteiger partial charge on any atom is 0.0253 e. The van der Waals surface area contributed by atoms with Crippen LogP contribution in [-0.2, 0) is 0 Å². The number of nitrogens with two attached hydrogens (primary N) is 1. The number of hydrogen-bond acceptors (Lipinski definition) is 2. The third-order valence-corrected chi connectivity index (χ3v) is 5.39. The molecule has 1 fully saturated rings. The van der Waals surface area contributed by atoms with Crippen LogP contribution in [0.3, 0.4) is 0 Å². The number of rotatable bonds is 4. The average molecular weight is 278 g/mol. The highest BCUT2D eigenvalue weighted by molar-refractivity contribution is 5.14. The van der Waals surface area contributed by atoms with E-state index in [0.29, 0.717) is 18.1 Å². The van der Waals surface area contributed by atoms with Gasteiger partial charge in [-0.05, 0) is 57.3 Å². The van der Waals surface area contributed by atoms with Crippen molar-refractivity contribution in [1.82, 2.24) is 5.32 Å². The van der Waals surface area contributed by atoms with Crippen molar-refractivity contribution in [3.8, 4) is 0 Å². The monoisotopic (exact) mass is 278 g/mol. The minimum Gasteiger partial charge on any atom is -0.328 e. The smallest absolute Gasteiger partial charge is 0.0253 e. The zero-order valence-electron chi connectivity index (χ0n) is 13.7. The van der Waals surface area contributed by atoms with Crippen LogP contribution < -0.4 is 11.1 Å². The van der Waals surface area contributed by atoms with Gasteiger partial charge in [-0.15, -0.1) is 0 Å². The van der Waals surface area contributed by atoms with Gasteiger partial charge < -0.3 is 11.1 Å². The molecule has 116 valence electrons. The molecule has 0 aromatic rings. The third-order valence-electron chi connectivity index (χ3n) is 5.39. The van der Waals surface area contributed by atoms with Gasteiger partial charge in [-0.1, -0.05) is 38.3 Å².